The van der Waals surface area contributed by atoms with E-state index < -0.39 is 40.8 Å². The molecule has 2 fully saturated rings. The molecule has 3 N–H and O–H groups in total. The Labute approximate surface area is 283 Å². The fraction of sp³-hybridized carbons (Fsp3) is 0.610. The van der Waals surface area contributed by atoms with Crippen LogP contribution >= 0.6 is 0 Å². The average Bonchev–Trinajstić information content (AvgIpc) is 3.63. The highest BCUT2D eigenvalue weighted by Crippen LogP contribution is 2.72. The molecular formula is C41H51NO6. The summed E-state index contributed by atoms with van der Waals surface area (Å²) in [5, 5.41) is 34.1. The van der Waals surface area contributed by atoms with Gasteiger partial charge in [0.15, 0.2) is 5.78 Å². The first-order valence-corrected chi connectivity index (χ1v) is 17.9. The second kappa shape index (κ2) is 9.61. The number of carboxylic acid groups (broad SMARTS) is 1. The van der Waals surface area contributed by atoms with Crippen LogP contribution in [0.15, 0.2) is 36.4 Å². The Bertz CT molecular complexity index is 1910. The third kappa shape index (κ3) is 3.71. The van der Waals surface area contributed by atoms with Crippen molar-refractivity contribution in [1.29, 1.82) is 0 Å². The highest BCUT2D eigenvalue weighted by atomic mass is 16.5. The predicted octanol–water partition coefficient (Wildman–Crippen LogP) is 7.63. The molecule has 1 aromatic heterocycles. The monoisotopic (exact) mass is 653 g/mol. The van der Waals surface area contributed by atoms with Crippen LogP contribution in [0.2, 0.25) is 0 Å². The molecule has 7 heteroatoms. The number of aromatic nitrogens is 1. The van der Waals surface area contributed by atoms with Gasteiger partial charge in [0.05, 0.1) is 34.5 Å². The minimum atomic E-state index is -0.969. The molecule has 1 aromatic carbocycles. The third-order valence-corrected chi connectivity index (χ3v) is 14.5. The molecule has 8 rings (SSSR count). The van der Waals surface area contributed by atoms with Crippen LogP contribution in [-0.4, -0.2) is 48.9 Å². The summed E-state index contributed by atoms with van der Waals surface area (Å²) in [6, 6.07) is 1.75. The van der Waals surface area contributed by atoms with E-state index in [1.165, 1.54) is 17.3 Å². The standard InChI is InChI=1S/C41H51NO6/c1-20(2)32-35(47)30-29-22(25-19-37(3,4)48-38(5,6)31(25)34(29)46)18-23-24-17-21-12-13-26-39(7,15-10-11-28(44)45)27(43)14-16-40(26,8)41(21,9)36(24)42(32)33(23)30/h10-11,18-19,21,26-27,31-32,34,43,46H,1,12-17H2,2-9H3,(H,44,45)/b11-10+/t21?,26-,27-,31?,32-,34+,39-,40-,41+/m0/s1. The van der Waals surface area contributed by atoms with Gasteiger partial charge < -0.3 is 24.6 Å². The van der Waals surface area contributed by atoms with Crippen LogP contribution in [0.25, 0.3) is 16.5 Å². The number of carbonyl (C=O) groups is 2. The number of nitrogens with zero attached hydrogens (tertiary/aromatic N) is 1. The first kappa shape index (κ1) is 32.2. The molecule has 6 aliphatic rings. The largest absolute Gasteiger partial charge is 0.478 e. The van der Waals surface area contributed by atoms with E-state index in [1.807, 2.05) is 20.8 Å². The molecule has 256 valence electrons. The van der Waals surface area contributed by atoms with Crippen molar-refractivity contribution in [3.05, 3.63) is 64.4 Å². The van der Waals surface area contributed by atoms with Crippen LogP contribution in [0.1, 0.15) is 132 Å². The van der Waals surface area contributed by atoms with E-state index in [-0.39, 0.29) is 28.4 Å². The van der Waals surface area contributed by atoms with Gasteiger partial charge in [-0.15, -0.1) is 0 Å². The number of rotatable bonds is 4. The number of aliphatic hydroxyl groups excluding tert-OH is 2. The first-order valence-electron chi connectivity index (χ1n) is 17.9. The summed E-state index contributed by atoms with van der Waals surface area (Å²) in [5.41, 5.74) is 5.66. The molecule has 0 spiro atoms. The van der Waals surface area contributed by atoms with Gasteiger partial charge in [0.25, 0.3) is 0 Å². The van der Waals surface area contributed by atoms with Gasteiger partial charge in [-0.2, -0.15) is 0 Å². The zero-order valence-electron chi connectivity index (χ0n) is 29.7. The molecular weight excluding hydrogens is 602 g/mol. The number of fused-ring (bicyclic) bond motifs is 11. The topological polar surface area (TPSA) is 109 Å². The maximum absolute atomic E-state index is 14.8. The molecule has 0 radical (unpaired) electrons. The number of aliphatic hydroxyl groups is 2. The molecule has 2 unspecified atom stereocenters. The van der Waals surface area contributed by atoms with Crippen LogP contribution in [0, 0.1) is 28.6 Å². The molecule has 48 heavy (non-hydrogen) atoms. The number of ketones is 1. The smallest absolute Gasteiger partial charge is 0.327 e. The van der Waals surface area contributed by atoms with Crippen LogP contribution in [0.3, 0.4) is 0 Å². The molecule has 7 nitrogen and oxygen atoms in total. The van der Waals surface area contributed by atoms with Gasteiger partial charge in [0, 0.05) is 39.5 Å². The van der Waals surface area contributed by atoms with Crippen LogP contribution in [0.4, 0.5) is 0 Å². The molecule has 0 saturated heterocycles. The Morgan fingerprint density at radius 2 is 1.81 bits per heavy atom. The van der Waals surface area contributed by atoms with Crippen LogP contribution in [-0.2, 0) is 21.4 Å². The number of carbonyl (C=O) groups excluding carboxylic acids is 1. The van der Waals surface area contributed by atoms with E-state index >= 15 is 0 Å². The van der Waals surface area contributed by atoms with E-state index in [4.69, 9.17) is 4.74 Å². The van der Waals surface area contributed by atoms with E-state index in [0.717, 1.165) is 58.9 Å². The van der Waals surface area contributed by atoms with Crippen molar-refractivity contribution in [2.75, 3.05) is 0 Å². The number of hydrogen-bond donors (Lipinski definition) is 3. The third-order valence-electron chi connectivity index (χ3n) is 14.5. The summed E-state index contributed by atoms with van der Waals surface area (Å²) in [5.74, 6) is -0.686. The van der Waals surface area contributed by atoms with Crippen LogP contribution < -0.4 is 0 Å². The van der Waals surface area contributed by atoms with Crippen molar-refractivity contribution >= 4 is 28.2 Å². The fourth-order valence-corrected chi connectivity index (χ4v) is 12.6. The number of Topliss-reactive ketones (excluding diaryl/α,β-unsaturated/α-hetero) is 1. The minimum Gasteiger partial charge on any atom is -0.478 e. The van der Waals surface area contributed by atoms with Gasteiger partial charge in [-0.3, -0.25) is 4.79 Å². The molecule has 9 atom stereocenters. The summed E-state index contributed by atoms with van der Waals surface area (Å²) < 4.78 is 8.84. The van der Waals surface area contributed by atoms with Crippen LogP contribution in [0.5, 0.6) is 0 Å². The van der Waals surface area contributed by atoms with Gasteiger partial charge in [0.2, 0.25) is 0 Å². The predicted molar refractivity (Wildman–Crippen MR) is 186 cm³/mol. The van der Waals surface area contributed by atoms with Gasteiger partial charge in [0.1, 0.15) is 6.04 Å². The van der Waals surface area contributed by atoms with Crippen molar-refractivity contribution < 1.29 is 29.6 Å². The summed E-state index contributed by atoms with van der Waals surface area (Å²) in [7, 11) is 0. The highest BCUT2D eigenvalue weighted by Gasteiger charge is 2.68. The zero-order valence-corrected chi connectivity index (χ0v) is 29.7. The van der Waals surface area contributed by atoms with Gasteiger partial charge in [-0.1, -0.05) is 39.0 Å². The van der Waals surface area contributed by atoms with E-state index in [2.05, 4.69) is 57.9 Å². The summed E-state index contributed by atoms with van der Waals surface area (Å²) in [4.78, 5) is 26.2. The van der Waals surface area contributed by atoms with E-state index in [9.17, 15) is 24.9 Å². The lowest BCUT2D eigenvalue weighted by Crippen LogP contribution is -2.62. The second-order valence-corrected chi connectivity index (χ2v) is 17.9. The number of allylic oxidation sites excluding steroid dienone is 2. The molecule has 2 aromatic rings. The number of carboxylic acids is 1. The maximum atomic E-state index is 14.8. The molecule has 0 bridgehead atoms. The quantitative estimate of drug-likeness (QED) is 0.231. The Kier molecular flexibility index (Phi) is 6.45. The summed E-state index contributed by atoms with van der Waals surface area (Å²) in [6.07, 6.45) is 8.64. The van der Waals surface area contributed by atoms with E-state index in [0.29, 0.717) is 24.3 Å². The Hall–Kier alpha value is -3.00. The second-order valence-electron chi connectivity index (χ2n) is 17.9. The molecule has 2 aliphatic heterocycles. The molecule has 4 aliphatic carbocycles. The number of ether oxygens (including phenoxy) is 1. The first-order chi connectivity index (χ1) is 22.3. The summed E-state index contributed by atoms with van der Waals surface area (Å²) in [6.45, 7) is 21.5. The molecule has 3 heterocycles. The molecule has 0 amide bonds. The van der Waals surface area contributed by atoms with Crippen molar-refractivity contribution in [3.63, 3.8) is 0 Å². The lowest BCUT2D eigenvalue weighted by atomic mass is 9.40. The van der Waals surface area contributed by atoms with E-state index in [1.54, 1.807) is 6.08 Å². The fourth-order valence-electron chi connectivity index (χ4n) is 12.6. The average molecular weight is 654 g/mol. The van der Waals surface area contributed by atoms with Crippen molar-refractivity contribution in [2.45, 2.75) is 129 Å². The number of benzene rings is 1. The molecule has 2 saturated carbocycles. The van der Waals surface area contributed by atoms with Crippen molar-refractivity contribution in [2.24, 2.45) is 28.6 Å². The SMILES string of the molecule is C=C(C)[C@H]1C(=O)c2c3c(cc4c5c(n1c24)[C@@]1(C)C(CC[C@H]2[C@](C)(C/C=C/C(=O)O)[C@@H](O)CC[C@@]21C)C5)C1=CC(C)(C)OC(C)(C)C1[C@@H]3O. The Balaban J connectivity index is 1.38. The summed E-state index contributed by atoms with van der Waals surface area (Å²) >= 11 is 0. The van der Waals surface area contributed by atoms with Gasteiger partial charge in [-0.25, -0.2) is 4.79 Å². The van der Waals surface area contributed by atoms with Crippen molar-refractivity contribution in [1.82, 2.24) is 4.57 Å². The zero-order chi connectivity index (χ0) is 34.7. The normalized spacial score (nSPS) is 40.0. The highest BCUT2D eigenvalue weighted by molar-refractivity contribution is 6.18. The number of aliphatic carboxylic acids is 1. The lowest BCUT2D eigenvalue weighted by Gasteiger charge is -2.65. The van der Waals surface area contributed by atoms with Crippen molar-refractivity contribution in [3.8, 4) is 0 Å². The van der Waals surface area contributed by atoms with Gasteiger partial charge >= 0.3 is 5.97 Å². The lowest BCUT2D eigenvalue weighted by molar-refractivity contribution is -0.163. The number of hydrogen-bond acceptors (Lipinski definition) is 5. The Morgan fingerprint density at radius 1 is 1.10 bits per heavy atom. The Morgan fingerprint density at radius 3 is 2.48 bits per heavy atom. The maximum Gasteiger partial charge on any atom is 0.327 e. The van der Waals surface area contributed by atoms with Gasteiger partial charge in [-0.05, 0) is 119 Å². The minimum absolute atomic E-state index is 0.0192.